The molecule has 3 heteroatoms. The predicted octanol–water partition coefficient (Wildman–Crippen LogP) is 5.95. The van der Waals surface area contributed by atoms with E-state index in [2.05, 4.69) is 71.9 Å². The smallest absolute Gasteiger partial charge is 0.310 e. The molecule has 25 heavy (non-hydrogen) atoms. The van der Waals surface area contributed by atoms with Gasteiger partial charge in [-0.15, -0.1) is 11.8 Å². The summed E-state index contributed by atoms with van der Waals surface area (Å²) in [5.74, 6) is 0.955. The van der Waals surface area contributed by atoms with E-state index in [9.17, 15) is 4.79 Å². The largest absolute Gasteiger partial charge is 0.459 e. The molecular weight excluding hydrogens is 328 g/mol. The summed E-state index contributed by atoms with van der Waals surface area (Å²) >= 11 is 1.97. The second-order valence-corrected chi connectivity index (χ2v) is 11.4. The quantitative estimate of drug-likeness (QED) is 0.492. The van der Waals surface area contributed by atoms with Crippen molar-refractivity contribution in [1.29, 1.82) is 0 Å². The van der Waals surface area contributed by atoms with Crippen LogP contribution in [0.4, 0.5) is 0 Å². The van der Waals surface area contributed by atoms with E-state index in [1.165, 1.54) is 4.90 Å². The van der Waals surface area contributed by atoms with Crippen molar-refractivity contribution in [3.05, 3.63) is 30.3 Å². The Bertz CT molecular complexity index is 631. The van der Waals surface area contributed by atoms with Crippen LogP contribution in [-0.4, -0.2) is 16.3 Å². The lowest BCUT2D eigenvalue weighted by Crippen LogP contribution is -2.45. The van der Waals surface area contributed by atoms with Crippen molar-refractivity contribution in [3.63, 3.8) is 0 Å². The first-order chi connectivity index (χ1) is 11.5. The first-order valence-electron chi connectivity index (χ1n) is 9.50. The van der Waals surface area contributed by atoms with Gasteiger partial charge in [0.15, 0.2) is 0 Å². The Labute approximate surface area is 157 Å². The monoisotopic (exact) mass is 360 g/mol. The molecule has 1 aromatic carbocycles. The second-order valence-electron chi connectivity index (χ2n) is 9.67. The number of thioether (sulfide) groups is 1. The number of ether oxygens (including phenoxy) is 1. The Morgan fingerprint density at radius 3 is 2.36 bits per heavy atom. The van der Waals surface area contributed by atoms with Crippen LogP contribution in [-0.2, 0) is 9.53 Å². The number of esters is 1. The maximum absolute atomic E-state index is 12.6. The first kappa shape index (κ1) is 18.8. The topological polar surface area (TPSA) is 26.3 Å². The van der Waals surface area contributed by atoms with Gasteiger partial charge in [0.05, 0.1) is 5.92 Å². The highest BCUT2D eigenvalue weighted by atomic mass is 32.2. The van der Waals surface area contributed by atoms with Crippen LogP contribution in [0.25, 0.3) is 0 Å². The van der Waals surface area contributed by atoms with E-state index < -0.39 is 0 Å². The summed E-state index contributed by atoms with van der Waals surface area (Å²) in [7, 11) is 0. The summed E-state index contributed by atoms with van der Waals surface area (Å²) in [5, 5.41) is 0. The highest BCUT2D eigenvalue weighted by Gasteiger charge is 2.59. The number of fused-ring (bicyclic) bond motifs is 1. The zero-order valence-electron chi connectivity index (χ0n) is 16.5. The van der Waals surface area contributed by atoms with E-state index in [-0.39, 0.29) is 27.7 Å². The molecule has 0 aromatic heterocycles. The predicted molar refractivity (Wildman–Crippen MR) is 105 cm³/mol. The average molecular weight is 361 g/mol. The molecule has 2 nitrogen and oxygen atoms in total. The molecule has 4 atom stereocenters. The molecular formula is C22H32O2S. The van der Waals surface area contributed by atoms with Gasteiger partial charge in [0.2, 0.25) is 0 Å². The Kier molecular flexibility index (Phi) is 4.77. The van der Waals surface area contributed by atoms with Gasteiger partial charge < -0.3 is 4.74 Å². The van der Waals surface area contributed by atoms with E-state index in [1.54, 1.807) is 0 Å². The van der Waals surface area contributed by atoms with E-state index in [0.717, 1.165) is 19.3 Å². The van der Waals surface area contributed by atoms with Crippen LogP contribution in [0, 0.1) is 23.2 Å². The number of carbonyl (C=O) groups is 1. The molecule has 0 radical (unpaired) electrons. The minimum absolute atomic E-state index is 0.0119. The molecule has 1 saturated heterocycles. The molecule has 138 valence electrons. The third kappa shape index (κ3) is 3.63. The van der Waals surface area contributed by atoms with E-state index in [0.29, 0.717) is 11.8 Å². The minimum Gasteiger partial charge on any atom is -0.459 e. The normalized spacial score (nSPS) is 33.0. The summed E-state index contributed by atoms with van der Waals surface area (Å²) in [5.41, 5.74) is -0.308. The van der Waals surface area contributed by atoms with E-state index in [4.69, 9.17) is 4.74 Å². The van der Waals surface area contributed by atoms with Gasteiger partial charge in [0.1, 0.15) is 5.60 Å². The van der Waals surface area contributed by atoms with Gasteiger partial charge in [-0.25, -0.2) is 0 Å². The molecule has 0 amide bonds. The van der Waals surface area contributed by atoms with Crippen molar-refractivity contribution < 1.29 is 9.53 Å². The number of hydrogen-bond acceptors (Lipinski definition) is 3. The van der Waals surface area contributed by atoms with Gasteiger partial charge in [-0.1, -0.05) is 52.8 Å². The van der Waals surface area contributed by atoms with E-state index >= 15 is 0 Å². The van der Waals surface area contributed by atoms with Gasteiger partial charge in [-0.3, -0.25) is 4.79 Å². The van der Waals surface area contributed by atoms with E-state index in [1.807, 2.05) is 11.8 Å². The van der Waals surface area contributed by atoms with Crippen molar-refractivity contribution in [2.24, 2.45) is 23.2 Å². The second kappa shape index (κ2) is 6.33. The summed E-state index contributed by atoms with van der Waals surface area (Å²) in [6.07, 6.45) is 3.19. The standard InChI is InChI=1S/C22H32O2S/c1-20(2,3)18-17-14-15(12-13-22(17,6)24-19(18)23)21(4,5)25-16-10-8-7-9-11-16/h7-11,15,17-18H,12-14H2,1-6H3/t15-,17+,18+,22-/m1/s1. The van der Waals surface area contributed by atoms with Crippen LogP contribution >= 0.6 is 11.8 Å². The van der Waals surface area contributed by atoms with Crippen LogP contribution in [0.5, 0.6) is 0 Å². The van der Waals surface area contributed by atoms with Crippen molar-refractivity contribution >= 4 is 17.7 Å². The lowest BCUT2D eigenvalue weighted by Gasteiger charge is -2.46. The molecule has 1 saturated carbocycles. The number of rotatable bonds is 3. The third-order valence-corrected chi connectivity index (χ3v) is 7.71. The highest BCUT2D eigenvalue weighted by molar-refractivity contribution is 8.00. The Morgan fingerprint density at radius 2 is 1.76 bits per heavy atom. The van der Waals surface area contributed by atoms with Crippen LogP contribution in [0.2, 0.25) is 0 Å². The Balaban J connectivity index is 1.81. The minimum atomic E-state index is -0.265. The Hall–Kier alpha value is -0.960. The number of benzene rings is 1. The molecule has 0 bridgehead atoms. The molecule has 1 heterocycles. The molecule has 1 aromatic rings. The molecule has 2 aliphatic rings. The maximum atomic E-state index is 12.6. The highest BCUT2D eigenvalue weighted by Crippen LogP contribution is 2.56. The SMILES string of the molecule is CC(C)(C)[C@@H]1C(=O)O[C@]2(C)CC[C@@H](C(C)(C)Sc3ccccc3)C[C@@H]12. The summed E-state index contributed by atoms with van der Waals surface area (Å²) in [6.45, 7) is 13.4. The van der Waals surface area contributed by atoms with Gasteiger partial charge >= 0.3 is 5.97 Å². The van der Waals surface area contributed by atoms with Crippen LogP contribution < -0.4 is 0 Å². The van der Waals surface area contributed by atoms with Crippen molar-refractivity contribution in [1.82, 2.24) is 0 Å². The molecule has 0 N–H and O–H groups in total. The fourth-order valence-corrected chi connectivity index (χ4v) is 6.14. The fourth-order valence-electron chi connectivity index (χ4n) is 4.86. The summed E-state index contributed by atoms with van der Waals surface area (Å²) in [4.78, 5) is 13.9. The van der Waals surface area contributed by atoms with Gasteiger partial charge in [0, 0.05) is 15.6 Å². The zero-order valence-corrected chi connectivity index (χ0v) is 17.3. The van der Waals surface area contributed by atoms with Crippen molar-refractivity contribution in [2.45, 2.75) is 76.0 Å². The van der Waals surface area contributed by atoms with Crippen molar-refractivity contribution in [2.75, 3.05) is 0 Å². The van der Waals surface area contributed by atoms with Gasteiger partial charge in [-0.05, 0) is 49.7 Å². The Morgan fingerprint density at radius 1 is 1.12 bits per heavy atom. The average Bonchev–Trinajstić information content (AvgIpc) is 2.76. The molecule has 0 spiro atoms. The molecule has 1 aliphatic carbocycles. The molecule has 3 rings (SSSR count). The zero-order chi connectivity index (χ0) is 18.5. The maximum Gasteiger partial charge on any atom is 0.310 e. The summed E-state index contributed by atoms with van der Waals surface area (Å²) < 4.78 is 6.07. The van der Waals surface area contributed by atoms with Crippen LogP contribution in [0.3, 0.4) is 0 Å². The lowest BCUT2D eigenvalue weighted by molar-refractivity contribution is -0.152. The van der Waals surface area contributed by atoms with Crippen LogP contribution in [0.1, 0.15) is 60.8 Å². The summed E-state index contributed by atoms with van der Waals surface area (Å²) in [6, 6.07) is 10.7. The van der Waals surface area contributed by atoms with Gasteiger partial charge in [0.25, 0.3) is 0 Å². The molecule has 0 unspecified atom stereocenters. The van der Waals surface area contributed by atoms with Crippen molar-refractivity contribution in [3.8, 4) is 0 Å². The number of carbonyl (C=O) groups excluding carboxylic acids is 1. The molecule has 2 fully saturated rings. The number of hydrogen-bond donors (Lipinski definition) is 0. The fraction of sp³-hybridized carbons (Fsp3) is 0.682. The van der Waals surface area contributed by atoms with Gasteiger partial charge in [-0.2, -0.15) is 0 Å². The first-order valence-corrected chi connectivity index (χ1v) is 10.3. The molecule has 1 aliphatic heterocycles. The van der Waals surface area contributed by atoms with Crippen LogP contribution in [0.15, 0.2) is 35.2 Å². The third-order valence-electron chi connectivity index (χ3n) is 6.34. The lowest BCUT2D eigenvalue weighted by atomic mass is 9.61.